The van der Waals surface area contributed by atoms with Gasteiger partial charge in [0, 0.05) is 5.56 Å². The summed E-state index contributed by atoms with van der Waals surface area (Å²) in [6.45, 7) is 0. The molecule has 0 spiro atoms. The summed E-state index contributed by atoms with van der Waals surface area (Å²) in [5, 5.41) is 0. The van der Waals surface area contributed by atoms with Crippen molar-refractivity contribution in [3.63, 3.8) is 0 Å². The van der Waals surface area contributed by atoms with Gasteiger partial charge in [0.2, 0.25) is 0 Å². The topological polar surface area (TPSA) is 20.3 Å². The number of halogens is 4. The first-order valence-corrected chi connectivity index (χ1v) is 6.77. The number of benzene rings is 1. The van der Waals surface area contributed by atoms with E-state index in [1.807, 2.05) is 0 Å². The predicted octanol–water partition coefficient (Wildman–Crippen LogP) is 3.90. The van der Waals surface area contributed by atoms with Crippen molar-refractivity contribution < 1.29 is 22.4 Å². The molecule has 1 aromatic rings. The normalized spacial score (nSPS) is 18.2. The Morgan fingerprint density at radius 3 is 2.19 bits per heavy atom. The molecule has 6 heteroatoms. The Hall–Kier alpha value is -1.43. The SMILES string of the molecule is CN(C)C1(C(=O)c2ccc(C(F)(F)F)c(F)c2)CCCC1. The number of rotatable bonds is 3. The van der Waals surface area contributed by atoms with E-state index in [-0.39, 0.29) is 11.3 Å². The molecule has 0 unspecified atom stereocenters. The molecule has 0 radical (unpaired) electrons. The van der Waals surface area contributed by atoms with Crippen LogP contribution in [0, 0.1) is 5.82 Å². The molecule has 1 saturated carbocycles. The Balaban J connectivity index is 2.38. The zero-order valence-corrected chi connectivity index (χ0v) is 11.9. The smallest absolute Gasteiger partial charge is 0.297 e. The van der Waals surface area contributed by atoms with Crippen LogP contribution in [0.2, 0.25) is 0 Å². The first-order chi connectivity index (χ1) is 9.68. The van der Waals surface area contributed by atoms with Crippen LogP contribution in [-0.2, 0) is 6.18 Å². The predicted molar refractivity (Wildman–Crippen MR) is 70.6 cm³/mol. The lowest BCUT2D eigenvalue weighted by atomic mass is 9.86. The molecule has 1 aliphatic rings. The molecule has 2 nitrogen and oxygen atoms in total. The molecule has 1 aromatic carbocycles. The minimum atomic E-state index is -4.75. The van der Waals surface area contributed by atoms with Crippen LogP contribution in [0.4, 0.5) is 17.6 Å². The molecule has 1 aliphatic carbocycles. The third kappa shape index (κ3) is 2.81. The van der Waals surface area contributed by atoms with Crippen LogP contribution >= 0.6 is 0 Å². The molecular formula is C15H17F4NO. The van der Waals surface area contributed by atoms with Crippen molar-refractivity contribution in [3.8, 4) is 0 Å². The first-order valence-electron chi connectivity index (χ1n) is 6.77. The van der Waals surface area contributed by atoms with Gasteiger partial charge in [0.05, 0.1) is 11.1 Å². The number of hydrogen-bond acceptors (Lipinski definition) is 2. The fourth-order valence-electron chi connectivity index (χ4n) is 2.99. The third-order valence-corrected chi connectivity index (χ3v) is 4.25. The minimum absolute atomic E-state index is 0.00361. The van der Waals surface area contributed by atoms with E-state index in [4.69, 9.17) is 0 Å². The van der Waals surface area contributed by atoms with Gasteiger partial charge in [0.1, 0.15) is 5.82 Å². The van der Waals surface area contributed by atoms with Gasteiger partial charge >= 0.3 is 6.18 Å². The second kappa shape index (κ2) is 5.40. The monoisotopic (exact) mass is 303 g/mol. The lowest BCUT2D eigenvalue weighted by Crippen LogP contribution is -2.48. The van der Waals surface area contributed by atoms with Gasteiger partial charge in [-0.25, -0.2) is 4.39 Å². The van der Waals surface area contributed by atoms with Crippen molar-refractivity contribution in [1.29, 1.82) is 0 Å². The Labute approximate surface area is 120 Å². The van der Waals surface area contributed by atoms with E-state index < -0.39 is 23.1 Å². The number of likely N-dealkylation sites (N-methyl/N-ethyl adjacent to an activating group) is 1. The molecule has 0 saturated heterocycles. The highest BCUT2D eigenvalue weighted by molar-refractivity contribution is 6.03. The fourth-order valence-corrected chi connectivity index (χ4v) is 2.99. The van der Waals surface area contributed by atoms with E-state index >= 15 is 0 Å². The van der Waals surface area contributed by atoms with Gasteiger partial charge < -0.3 is 0 Å². The van der Waals surface area contributed by atoms with E-state index in [1.54, 1.807) is 19.0 Å². The van der Waals surface area contributed by atoms with Crippen molar-refractivity contribution in [2.45, 2.75) is 37.4 Å². The molecule has 116 valence electrons. The van der Waals surface area contributed by atoms with Crippen LogP contribution < -0.4 is 0 Å². The molecule has 0 atom stereocenters. The average Bonchev–Trinajstić information content (AvgIpc) is 2.86. The number of carbonyl (C=O) groups is 1. The maximum Gasteiger partial charge on any atom is 0.419 e. The van der Waals surface area contributed by atoms with Gasteiger partial charge in [-0.3, -0.25) is 9.69 Å². The lowest BCUT2D eigenvalue weighted by Gasteiger charge is -2.34. The minimum Gasteiger partial charge on any atom is -0.297 e. The zero-order valence-electron chi connectivity index (χ0n) is 11.9. The summed E-state index contributed by atoms with van der Waals surface area (Å²) in [5.41, 5.74) is -2.08. The third-order valence-electron chi connectivity index (χ3n) is 4.25. The first kappa shape index (κ1) is 15.9. The summed E-state index contributed by atoms with van der Waals surface area (Å²) < 4.78 is 51.3. The van der Waals surface area contributed by atoms with Crippen LogP contribution in [0.25, 0.3) is 0 Å². The molecule has 0 heterocycles. The van der Waals surface area contributed by atoms with Crippen LogP contribution in [0.1, 0.15) is 41.6 Å². The van der Waals surface area contributed by atoms with Crippen molar-refractivity contribution >= 4 is 5.78 Å². The van der Waals surface area contributed by atoms with Crippen LogP contribution in [-0.4, -0.2) is 30.3 Å². The van der Waals surface area contributed by atoms with Gasteiger partial charge in [0.25, 0.3) is 0 Å². The van der Waals surface area contributed by atoms with Crippen molar-refractivity contribution in [1.82, 2.24) is 4.90 Å². The highest BCUT2D eigenvalue weighted by Crippen LogP contribution is 2.38. The second-order valence-electron chi connectivity index (χ2n) is 5.65. The molecule has 0 aliphatic heterocycles. The maximum absolute atomic E-state index is 13.6. The van der Waals surface area contributed by atoms with Gasteiger partial charge in [-0.2, -0.15) is 13.2 Å². The molecular weight excluding hydrogens is 286 g/mol. The summed E-state index contributed by atoms with van der Waals surface area (Å²) in [6.07, 6.45) is -1.71. The van der Waals surface area contributed by atoms with Crippen molar-refractivity contribution in [3.05, 3.63) is 35.1 Å². The largest absolute Gasteiger partial charge is 0.419 e. The maximum atomic E-state index is 13.6. The number of alkyl halides is 3. The summed E-state index contributed by atoms with van der Waals surface area (Å²) >= 11 is 0. The van der Waals surface area contributed by atoms with Crippen LogP contribution in [0.15, 0.2) is 18.2 Å². The Bertz CT molecular complexity index is 545. The van der Waals surface area contributed by atoms with E-state index in [0.29, 0.717) is 25.0 Å². The molecule has 0 amide bonds. The molecule has 21 heavy (non-hydrogen) atoms. The standard InChI is InChI=1S/C15H17F4NO/c1-20(2)14(7-3-4-8-14)13(21)10-5-6-11(12(16)9-10)15(17,18)19/h5-6,9H,3-4,7-8H2,1-2H3. The molecule has 2 rings (SSSR count). The summed E-state index contributed by atoms with van der Waals surface area (Å²) in [5.74, 6) is -1.71. The van der Waals surface area contributed by atoms with Crippen molar-refractivity contribution in [2.75, 3.05) is 14.1 Å². The number of carbonyl (C=O) groups excluding carboxylic acids is 1. The fraction of sp³-hybridized carbons (Fsp3) is 0.533. The van der Waals surface area contributed by atoms with Crippen LogP contribution in [0.3, 0.4) is 0 Å². The zero-order chi connectivity index (χ0) is 15.8. The van der Waals surface area contributed by atoms with E-state index in [1.165, 1.54) is 0 Å². The van der Waals surface area contributed by atoms with E-state index in [2.05, 4.69) is 0 Å². The number of ketones is 1. The number of Topliss-reactive ketones (excluding diaryl/α,β-unsaturated/α-hetero) is 1. The second-order valence-corrected chi connectivity index (χ2v) is 5.65. The average molecular weight is 303 g/mol. The molecule has 1 fully saturated rings. The molecule has 0 bridgehead atoms. The van der Waals surface area contributed by atoms with E-state index in [9.17, 15) is 22.4 Å². The quantitative estimate of drug-likeness (QED) is 0.623. The van der Waals surface area contributed by atoms with Gasteiger partial charge in [0.15, 0.2) is 5.78 Å². The molecule has 0 aromatic heterocycles. The molecule has 0 N–H and O–H groups in total. The summed E-state index contributed by atoms with van der Waals surface area (Å²) in [4.78, 5) is 14.4. The lowest BCUT2D eigenvalue weighted by molar-refractivity contribution is -0.140. The van der Waals surface area contributed by atoms with E-state index in [0.717, 1.165) is 18.9 Å². The van der Waals surface area contributed by atoms with Crippen molar-refractivity contribution in [2.24, 2.45) is 0 Å². The summed E-state index contributed by atoms with van der Waals surface area (Å²) in [6, 6.07) is 2.41. The number of hydrogen-bond donors (Lipinski definition) is 0. The number of nitrogens with zero attached hydrogens (tertiary/aromatic N) is 1. The summed E-state index contributed by atoms with van der Waals surface area (Å²) in [7, 11) is 3.54. The Morgan fingerprint density at radius 1 is 1.19 bits per heavy atom. The highest BCUT2D eigenvalue weighted by Gasteiger charge is 2.44. The highest BCUT2D eigenvalue weighted by atomic mass is 19.4. The van der Waals surface area contributed by atoms with Gasteiger partial charge in [-0.15, -0.1) is 0 Å². The Morgan fingerprint density at radius 2 is 1.76 bits per heavy atom. The van der Waals surface area contributed by atoms with Gasteiger partial charge in [-0.1, -0.05) is 18.9 Å². The van der Waals surface area contributed by atoms with Gasteiger partial charge in [-0.05, 0) is 39.1 Å². The Kier molecular flexibility index (Phi) is 4.10. The van der Waals surface area contributed by atoms with Crippen LogP contribution in [0.5, 0.6) is 0 Å².